The quantitative estimate of drug-likeness (QED) is 0.513. The number of aromatic carboxylic acids is 1. The topological polar surface area (TPSA) is 63.6 Å². The number of carboxylic acid groups (broad SMARTS) is 1. The summed E-state index contributed by atoms with van der Waals surface area (Å²) in [5, 5.41) is 9.67. The fourth-order valence-corrected chi connectivity index (χ4v) is 3.30. The van der Waals surface area contributed by atoms with Gasteiger partial charge in [-0.1, -0.05) is 50.0 Å². The van der Waals surface area contributed by atoms with Crippen LogP contribution in [0.5, 0.6) is 0 Å². The molecule has 0 spiro atoms. The smallest absolute Gasteiger partial charge is 0.339 e. The minimum absolute atomic E-state index is 0.0836. The molecule has 0 aliphatic rings. The molecule has 5 heteroatoms. The maximum atomic E-state index is 12.3. The number of carboxylic acids is 1. The first-order valence-corrected chi connectivity index (χ1v) is 8.87. The Morgan fingerprint density at radius 3 is 2.39 bits per heavy atom. The molecule has 4 nitrogen and oxygen atoms in total. The second-order valence-corrected chi connectivity index (χ2v) is 6.84. The van der Waals surface area contributed by atoms with E-state index in [1.165, 1.54) is 0 Å². The molecule has 0 aromatic heterocycles. The average Bonchev–Trinajstić information content (AvgIpc) is 2.46. The van der Waals surface area contributed by atoms with Gasteiger partial charge in [-0.2, -0.15) is 0 Å². The van der Waals surface area contributed by atoms with Crippen LogP contribution in [0.1, 0.15) is 72.4 Å². The normalized spacial score (nSPS) is 10.9. The Morgan fingerprint density at radius 1 is 1.26 bits per heavy atom. The van der Waals surface area contributed by atoms with Crippen molar-refractivity contribution in [3.63, 3.8) is 0 Å². The highest BCUT2D eigenvalue weighted by molar-refractivity contribution is 9.10. The van der Waals surface area contributed by atoms with Crippen molar-refractivity contribution in [2.45, 2.75) is 53.4 Å². The van der Waals surface area contributed by atoms with Crippen LogP contribution in [0.15, 0.2) is 10.5 Å². The third-order valence-electron chi connectivity index (χ3n) is 3.63. The van der Waals surface area contributed by atoms with Crippen LogP contribution >= 0.6 is 15.9 Å². The van der Waals surface area contributed by atoms with Gasteiger partial charge < -0.3 is 9.84 Å². The third-order valence-corrected chi connectivity index (χ3v) is 4.33. The highest BCUT2D eigenvalue weighted by Gasteiger charge is 2.26. The van der Waals surface area contributed by atoms with E-state index in [9.17, 15) is 14.7 Å². The molecule has 0 atom stereocenters. The van der Waals surface area contributed by atoms with Crippen molar-refractivity contribution >= 4 is 27.9 Å². The lowest BCUT2D eigenvalue weighted by atomic mass is 9.89. The van der Waals surface area contributed by atoms with Crippen LogP contribution in [0.4, 0.5) is 0 Å². The van der Waals surface area contributed by atoms with Crippen molar-refractivity contribution in [1.82, 2.24) is 0 Å². The van der Waals surface area contributed by atoms with E-state index >= 15 is 0 Å². The molecule has 1 aromatic carbocycles. The van der Waals surface area contributed by atoms with E-state index in [0.29, 0.717) is 19.4 Å². The predicted octanol–water partition coefficient (Wildman–Crippen LogP) is 4.87. The van der Waals surface area contributed by atoms with Crippen molar-refractivity contribution in [3.05, 3.63) is 32.8 Å². The number of carbonyl (C=O) groups excluding carboxylic acids is 1. The molecule has 0 saturated carbocycles. The van der Waals surface area contributed by atoms with Crippen LogP contribution < -0.4 is 0 Å². The highest BCUT2D eigenvalue weighted by Crippen LogP contribution is 2.31. The molecule has 0 fully saturated rings. The summed E-state index contributed by atoms with van der Waals surface area (Å²) >= 11 is 3.48. The van der Waals surface area contributed by atoms with Gasteiger partial charge in [-0.15, -0.1) is 0 Å². The Labute approximate surface area is 146 Å². The first kappa shape index (κ1) is 19.7. The summed E-state index contributed by atoms with van der Waals surface area (Å²) in [6, 6.07) is 1.58. The van der Waals surface area contributed by atoms with Gasteiger partial charge >= 0.3 is 11.9 Å². The standard InChI is InChI=1S/C18H25BrO4/c1-5-7-8-23-18(22)14-10-15(19)12(6-2)13(9-11(3)4)16(14)17(20)21/h10-11H,5-9H2,1-4H3,(H,20,21). The molecule has 0 radical (unpaired) electrons. The molecule has 1 N–H and O–H groups in total. The molecule has 0 heterocycles. The number of hydrogen-bond donors (Lipinski definition) is 1. The molecule has 0 bridgehead atoms. The summed E-state index contributed by atoms with van der Waals surface area (Å²) in [5.74, 6) is -1.36. The van der Waals surface area contributed by atoms with Crippen LogP contribution in [0, 0.1) is 5.92 Å². The van der Waals surface area contributed by atoms with E-state index < -0.39 is 11.9 Å². The van der Waals surface area contributed by atoms with E-state index in [1.54, 1.807) is 6.07 Å². The van der Waals surface area contributed by atoms with Gasteiger partial charge in [0, 0.05) is 4.47 Å². The molecule has 0 unspecified atom stereocenters. The van der Waals surface area contributed by atoms with Gasteiger partial charge in [0.25, 0.3) is 0 Å². The van der Waals surface area contributed by atoms with Crippen LogP contribution in [0.25, 0.3) is 0 Å². The molecule has 1 aromatic rings. The SMILES string of the molecule is CCCCOC(=O)c1cc(Br)c(CC)c(CC(C)C)c1C(=O)O. The molecule has 0 aliphatic carbocycles. The molecule has 1 rings (SSSR count). The van der Waals surface area contributed by atoms with Crippen molar-refractivity contribution in [3.8, 4) is 0 Å². The summed E-state index contributed by atoms with van der Waals surface area (Å²) in [5.41, 5.74) is 1.89. The summed E-state index contributed by atoms with van der Waals surface area (Å²) in [7, 11) is 0. The van der Waals surface area contributed by atoms with E-state index in [2.05, 4.69) is 15.9 Å². The first-order valence-electron chi connectivity index (χ1n) is 8.08. The average molecular weight is 385 g/mol. The van der Waals surface area contributed by atoms with Crippen molar-refractivity contribution in [2.24, 2.45) is 5.92 Å². The number of rotatable bonds is 8. The predicted molar refractivity (Wildman–Crippen MR) is 94.2 cm³/mol. The lowest BCUT2D eigenvalue weighted by molar-refractivity contribution is 0.0489. The molecule has 0 aliphatic heterocycles. The summed E-state index contributed by atoms with van der Waals surface area (Å²) in [4.78, 5) is 24.1. The summed E-state index contributed by atoms with van der Waals surface area (Å²) in [6.45, 7) is 8.36. The maximum absolute atomic E-state index is 12.3. The third kappa shape index (κ3) is 5.06. The minimum Gasteiger partial charge on any atom is -0.478 e. The van der Waals surface area contributed by atoms with E-state index in [0.717, 1.165) is 28.4 Å². The lowest BCUT2D eigenvalue weighted by Crippen LogP contribution is -2.18. The van der Waals surface area contributed by atoms with Gasteiger partial charge in [-0.3, -0.25) is 0 Å². The van der Waals surface area contributed by atoms with Crippen LogP contribution in [0.3, 0.4) is 0 Å². The monoisotopic (exact) mass is 384 g/mol. The Hall–Kier alpha value is -1.36. The number of hydrogen-bond acceptors (Lipinski definition) is 3. The zero-order chi connectivity index (χ0) is 17.6. The lowest BCUT2D eigenvalue weighted by Gasteiger charge is -2.18. The second-order valence-electron chi connectivity index (χ2n) is 5.98. The van der Waals surface area contributed by atoms with Crippen molar-refractivity contribution in [1.29, 1.82) is 0 Å². The fraction of sp³-hybridized carbons (Fsp3) is 0.556. The molecule has 128 valence electrons. The van der Waals surface area contributed by atoms with E-state index in [4.69, 9.17) is 4.74 Å². The number of carbonyl (C=O) groups is 2. The van der Waals surface area contributed by atoms with Gasteiger partial charge in [0.15, 0.2) is 0 Å². The van der Waals surface area contributed by atoms with E-state index in [1.807, 2.05) is 27.7 Å². The van der Waals surface area contributed by atoms with Gasteiger partial charge in [-0.25, -0.2) is 9.59 Å². The van der Waals surface area contributed by atoms with Gasteiger partial charge in [0.1, 0.15) is 0 Å². The molecular formula is C18H25BrO4. The molecule has 23 heavy (non-hydrogen) atoms. The highest BCUT2D eigenvalue weighted by atomic mass is 79.9. The van der Waals surface area contributed by atoms with Gasteiger partial charge in [0.05, 0.1) is 17.7 Å². The number of esters is 1. The molecular weight excluding hydrogens is 360 g/mol. The Balaban J connectivity index is 3.42. The molecule has 0 amide bonds. The Morgan fingerprint density at radius 2 is 1.91 bits per heavy atom. The summed E-state index contributed by atoms with van der Waals surface area (Å²) < 4.78 is 5.99. The number of benzene rings is 1. The zero-order valence-electron chi connectivity index (χ0n) is 14.2. The second kappa shape index (κ2) is 9.06. The summed E-state index contributed by atoms with van der Waals surface area (Å²) in [6.07, 6.45) is 2.99. The van der Waals surface area contributed by atoms with Crippen LogP contribution in [-0.2, 0) is 17.6 Å². The minimum atomic E-state index is -1.08. The maximum Gasteiger partial charge on any atom is 0.339 e. The zero-order valence-corrected chi connectivity index (χ0v) is 15.8. The number of unbranched alkanes of at least 4 members (excludes halogenated alkanes) is 1. The van der Waals surface area contributed by atoms with Crippen molar-refractivity contribution in [2.75, 3.05) is 6.61 Å². The van der Waals surface area contributed by atoms with Gasteiger partial charge in [-0.05, 0) is 42.4 Å². The van der Waals surface area contributed by atoms with Crippen LogP contribution in [-0.4, -0.2) is 23.7 Å². The van der Waals surface area contributed by atoms with Crippen molar-refractivity contribution < 1.29 is 19.4 Å². The Bertz CT molecular complexity index is 579. The van der Waals surface area contributed by atoms with Crippen LogP contribution in [0.2, 0.25) is 0 Å². The number of ether oxygens (including phenoxy) is 1. The fourth-order valence-electron chi connectivity index (χ4n) is 2.55. The van der Waals surface area contributed by atoms with E-state index in [-0.39, 0.29) is 17.0 Å². The Kier molecular flexibility index (Phi) is 7.76. The number of halogens is 1. The first-order chi connectivity index (χ1) is 10.8. The van der Waals surface area contributed by atoms with Gasteiger partial charge in [0.2, 0.25) is 0 Å². The largest absolute Gasteiger partial charge is 0.478 e. The molecule has 0 saturated heterocycles.